The molecule has 8 heteroatoms. The van der Waals surface area contributed by atoms with Crippen LogP contribution in [0.4, 0.5) is 5.69 Å². The van der Waals surface area contributed by atoms with Crippen molar-refractivity contribution in [3.63, 3.8) is 0 Å². The van der Waals surface area contributed by atoms with Crippen LogP contribution in [-0.2, 0) is 16.1 Å². The number of imide groups is 1. The molecule has 138 valence electrons. The molecule has 3 aliphatic rings. The first-order valence-electron chi connectivity index (χ1n) is 8.67. The van der Waals surface area contributed by atoms with Gasteiger partial charge in [-0.05, 0) is 30.3 Å². The fraction of sp³-hybridized carbons (Fsp3) is 0.263. The summed E-state index contributed by atoms with van der Waals surface area (Å²) >= 11 is 0. The number of carbonyl (C=O) groups is 2. The molecule has 2 aromatic rings. The lowest BCUT2D eigenvalue weighted by molar-refractivity contribution is -0.690. The molecule has 0 saturated carbocycles. The summed E-state index contributed by atoms with van der Waals surface area (Å²) in [7, 11) is 0. The smallest absolute Gasteiger partial charge is 0.292 e. The minimum Gasteiger partial charge on any atom is -0.454 e. The molecule has 8 nitrogen and oxygen atoms in total. The highest BCUT2D eigenvalue weighted by Crippen LogP contribution is 2.36. The molecule has 1 atom stereocenters. The van der Waals surface area contributed by atoms with Gasteiger partial charge in [-0.2, -0.15) is 0 Å². The molecule has 2 N–H and O–H groups in total. The first-order chi connectivity index (χ1) is 13.2. The third kappa shape index (κ3) is 2.74. The van der Waals surface area contributed by atoms with Crippen LogP contribution in [-0.4, -0.2) is 31.4 Å². The number of fused-ring (bicyclic) bond motifs is 2. The lowest BCUT2D eigenvalue weighted by Crippen LogP contribution is -2.90. The van der Waals surface area contributed by atoms with E-state index in [0.29, 0.717) is 29.5 Å². The Balaban J connectivity index is 1.29. The molecule has 0 aliphatic carbocycles. The van der Waals surface area contributed by atoms with Crippen LogP contribution in [0.2, 0.25) is 0 Å². The van der Waals surface area contributed by atoms with Crippen molar-refractivity contribution in [2.75, 3.05) is 18.5 Å². The van der Waals surface area contributed by atoms with Crippen LogP contribution in [0, 0.1) is 0 Å². The SMILES string of the molecule is O=C1C[C@H]([NH2+]Cc2ccc3c(c2)OCO3)C(=O)N1c1ccc2c(c1)OCO2. The third-order valence-electron chi connectivity index (χ3n) is 4.87. The number of anilines is 1. The normalized spacial score (nSPS) is 19.9. The van der Waals surface area contributed by atoms with Gasteiger partial charge >= 0.3 is 0 Å². The molecule has 5 rings (SSSR count). The summed E-state index contributed by atoms with van der Waals surface area (Å²) in [5.74, 6) is 2.15. The quantitative estimate of drug-likeness (QED) is 0.791. The highest BCUT2D eigenvalue weighted by molar-refractivity contribution is 6.21. The molecule has 0 aromatic heterocycles. The second kappa shape index (κ2) is 6.17. The largest absolute Gasteiger partial charge is 0.454 e. The minimum absolute atomic E-state index is 0.145. The highest BCUT2D eigenvalue weighted by Gasteiger charge is 2.42. The number of benzene rings is 2. The van der Waals surface area contributed by atoms with Gasteiger partial charge in [0, 0.05) is 11.6 Å². The Morgan fingerprint density at radius 1 is 0.889 bits per heavy atom. The van der Waals surface area contributed by atoms with Crippen LogP contribution in [0.25, 0.3) is 0 Å². The lowest BCUT2D eigenvalue weighted by Gasteiger charge is -2.14. The number of nitrogens with two attached hydrogens (primary N) is 1. The van der Waals surface area contributed by atoms with E-state index in [4.69, 9.17) is 18.9 Å². The maximum atomic E-state index is 12.8. The van der Waals surface area contributed by atoms with Crippen molar-refractivity contribution in [1.82, 2.24) is 0 Å². The molecule has 3 aliphatic heterocycles. The van der Waals surface area contributed by atoms with E-state index in [1.54, 1.807) is 18.2 Å². The molecule has 27 heavy (non-hydrogen) atoms. The lowest BCUT2D eigenvalue weighted by atomic mass is 10.1. The number of amides is 2. The standard InChI is InChI=1S/C19H16N2O6/c22-18-7-13(20-8-11-1-3-14-16(5-11)26-9-24-14)19(23)21(18)12-2-4-15-17(6-12)27-10-25-15/h1-6,13,20H,7-10H2/p+1/t13-/m0/s1. The van der Waals surface area contributed by atoms with E-state index in [1.165, 1.54) is 4.90 Å². The van der Waals surface area contributed by atoms with Gasteiger partial charge in [0.15, 0.2) is 29.0 Å². The molecule has 0 bridgehead atoms. The van der Waals surface area contributed by atoms with Gasteiger partial charge in [0.2, 0.25) is 19.5 Å². The Hall–Kier alpha value is -3.26. The fourth-order valence-electron chi connectivity index (χ4n) is 3.48. The Bertz CT molecular complexity index is 944. The predicted octanol–water partition coefficient (Wildman–Crippen LogP) is 0.540. The van der Waals surface area contributed by atoms with Gasteiger partial charge in [-0.3, -0.25) is 9.59 Å². The molecule has 1 fully saturated rings. The molecule has 0 spiro atoms. The van der Waals surface area contributed by atoms with Gasteiger partial charge in [-0.1, -0.05) is 0 Å². The Labute approximate surface area is 154 Å². The first-order valence-corrected chi connectivity index (χ1v) is 8.67. The molecule has 3 heterocycles. The topological polar surface area (TPSA) is 90.9 Å². The zero-order valence-electron chi connectivity index (χ0n) is 14.3. The van der Waals surface area contributed by atoms with Crippen molar-refractivity contribution in [3.05, 3.63) is 42.0 Å². The summed E-state index contributed by atoms with van der Waals surface area (Å²) in [6.07, 6.45) is 0.165. The minimum atomic E-state index is -0.451. The first kappa shape index (κ1) is 16.0. The Morgan fingerprint density at radius 2 is 1.56 bits per heavy atom. The zero-order chi connectivity index (χ0) is 18.4. The van der Waals surface area contributed by atoms with E-state index >= 15 is 0 Å². The zero-order valence-corrected chi connectivity index (χ0v) is 14.3. The van der Waals surface area contributed by atoms with Crippen LogP contribution in [0.1, 0.15) is 12.0 Å². The number of hydrogen-bond donors (Lipinski definition) is 1. The van der Waals surface area contributed by atoms with Gasteiger partial charge in [0.25, 0.3) is 5.91 Å². The predicted molar refractivity (Wildman–Crippen MR) is 91.7 cm³/mol. The van der Waals surface area contributed by atoms with Crippen molar-refractivity contribution in [2.45, 2.75) is 19.0 Å². The number of carbonyl (C=O) groups excluding carboxylic acids is 2. The number of rotatable bonds is 4. The average Bonchev–Trinajstić information content (AvgIpc) is 3.38. The van der Waals surface area contributed by atoms with Crippen LogP contribution >= 0.6 is 0 Å². The van der Waals surface area contributed by atoms with Crippen molar-refractivity contribution in [1.29, 1.82) is 0 Å². The van der Waals surface area contributed by atoms with Gasteiger partial charge in [0.05, 0.1) is 12.1 Å². The van der Waals surface area contributed by atoms with Crippen molar-refractivity contribution in [3.8, 4) is 23.0 Å². The van der Waals surface area contributed by atoms with Gasteiger partial charge in [-0.25, -0.2) is 4.90 Å². The number of ether oxygens (including phenoxy) is 4. The van der Waals surface area contributed by atoms with E-state index in [-0.39, 0.29) is 31.8 Å². The average molecular weight is 369 g/mol. The summed E-state index contributed by atoms with van der Waals surface area (Å²) in [6.45, 7) is 0.935. The van der Waals surface area contributed by atoms with Crippen LogP contribution in [0.15, 0.2) is 36.4 Å². The van der Waals surface area contributed by atoms with E-state index < -0.39 is 6.04 Å². The fourth-order valence-corrected chi connectivity index (χ4v) is 3.48. The van der Waals surface area contributed by atoms with Crippen molar-refractivity contribution in [2.24, 2.45) is 0 Å². The summed E-state index contributed by atoms with van der Waals surface area (Å²) in [6, 6.07) is 10.3. The van der Waals surface area contributed by atoms with E-state index in [2.05, 4.69) is 0 Å². The van der Waals surface area contributed by atoms with Gasteiger partial charge in [0.1, 0.15) is 6.54 Å². The van der Waals surface area contributed by atoms with E-state index in [9.17, 15) is 9.59 Å². The summed E-state index contributed by atoms with van der Waals surface area (Å²) in [4.78, 5) is 26.4. The van der Waals surface area contributed by atoms with E-state index in [0.717, 1.165) is 11.3 Å². The second-order valence-electron chi connectivity index (χ2n) is 6.54. The van der Waals surface area contributed by atoms with E-state index in [1.807, 2.05) is 23.5 Å². The van der Waals surface area contributed by atoms with Gasteiger partial charge < -0.3 is 24.3 Å². The molecule has 2 amide bonds. The molecular weight excluding hydrogens is 352 g/mol. The number of hydrogen-bond acceptors (Lipinski definition) is 6. The van der Waals surface area contributed by atoms with Crippen molar-refractivity contribution < 1.29 is 33.9 Å². The van der Waals surface area contributed by atoms with Crippen LogP contribution in [0.5, 0.6) is 23.0 Å². The molecular formula is C19H17N2O6+. The second-order valence-corrected chi connectivity index (χ2v) is 6.54. The maximum absolute atomic E-state index is 12.8. The number of quaternary nitrogens is 1. The summed E-state index contributed by atoms with van der Waals surface area (Å²) < 4.78 is 21.3. The monoisotopic (exact) mass is 369 g/mol. The Morgan fingerprint density at radius 3 is 2.33 bits per heavy atom. The van der Waals surface area contributed by atoms with Crippen LogP contribution < -0.4 is 29.2 Å². The molecule has 1 saturated heterocycles. The Kier molecular flexibility index (Phi) is 3.64. The van der Waals surface area contributed by atoms with Crippen molar-refractivity contribution >= 4 is 17.5 Å². The highest BCUT2D eigenvalue weighted by atomic mass is 16.7. The summed E-state index contributed by atoms with van der Waals surface area (Å²) in [5, 5.41) is 1.88. The number of nitrogens with zero attached hydrogens (tertiary/aromatic N) is 1. The van der Waals surface area contributed by atoms with Gasteiger partial charge in [-0.15, -0.1) is 0 Å². The van der Waals surface area contributed by atoms with Crippen LogP contribution in [0.3, 0.4) is 0 Å². The molecule has 0 unspecified atom stereocenters. The third-order valence-corrected chi connectivity index (χ3v) is 4.87. The molecule has 0 radical (unpaired) electrons. The molecule has 2 aromatic carbocycles. The summed E-state index contributed by atoms with van der Waals surface area (Å²) in [5.41, 5.74) is 1.51. The maximum Gasteiger partial charge on any atom is 0.292 e.